The van der Waals surface area contributed by atoms with Crippen molar-refractivity contribution in [1.29, 1.82) is 0 Å². The maximum absolute atomic E-state index is 6.72. The summed E-state index contributed by atoms with van der Waals surface area (Å²) < 4.78 is 0. The quantitative estimate of drug-likeness (QED) is 0.859. The number of benzene rings is 1. The fraction of sp³-hybridized carbons (Fsp3) is 0.684. The molecule has 0 saturated carbocycles. The SMILES string of the molecule is CCC(CC)(C(N)CC1CCCc2ccccc21)N(C)C. The molecule has 2 heteroatoms. The van der Waals surface area contributed by atoms with Crippen molar-refractivity contribution in [3.8, 4) is 0 Å². The van der Waals surface area contributed by atoms with E-state index in [9.17, 15) is 0 Å². The van der Waals surface area contributed by atoms with Gasteiger partial charge in [-0.05, 0) is 69.7 Å². The summed E-state index contributed by atoms with van der Waals surface area (Å²) >= 11 is 0. The first-order chi connectivity index (χ1) is 10.0. The highest BCUT2D eigenvalue weighted by Crippen LogP contribution is 2.37. The molecule has 1 aromatic carbocycles. The maximum Gasteiger partial charge on any atom is 0.0349 e. The summed E-state index contributed by atoms with van der Waals surface area (Å²) in [6.07, 6.45) is 7.18. The van der Waals surface area contributed by atoms with Gasteiger partial charge in [0, 0.05) is 11.6 Å². The van der Waals surface area contributed by atoms with E-state index in [1.54, 1.807) is 11.1 Å². The van der Waals surface area contributed by atoms with E-state index in [1.807, 2.05) is 0 Å². The van der Waals surface area contributed by atoms with Gasteiger partial charge in [0.05, 0.1) is 0 Å². The molecule has 0 amide bonds. The molecule has 0 fully saturated rings. The van der Waals surface area contributed by atoms with E-state index < -0.39 is 0 Å². The van der Waals surface area contributed by atoms with Gasteiger partial charge in [-0.2, -0.15) is 0 Å². The smallest absolute Gasteiger partial charge is 0.0349 e. The van der Waals surface area contributed by atoms with E-state index in [2.05, 4.69) is 57.1 Å². The van der Waals surface area contributed by atoms with Crippen molar-refractivity contribution in [2.24, 2.45) is 5.73 Å². The first-order valence-electron chi connectivity index (χ1n) is 8.56. The number of likely N-dealkylation sites (N-methyl/N-ethyl adjacent to an activating group) is 1. The standard InChI is InChI=1S/C19H32N2/c1-5-19(6-2,21(3)4)18(20)14-16-12-9-11-15-10-7-8-13-17(15)16/h7-8,10,13,16,18H,5-6,9,11-12,14,20H2,1-4H3. The zero-order chi connectivity index (χ0) is 15.5. The second-order valence-corrected chi connectivity index (χ2v) is 6.84. The number of hydrogen-bond acceptors (Lipinski definition) is 2. The molecule has 2 unspecified atom stereocenters. The lowest BCUT2D eigenvalue weighted by molar-refractivity contribution is 0.0974. The average molecular weight is 288 g/mol. The van der Waals surface area contributed by atoms with Gasteiger partial charge in [0.15, 0.2) is 0 Å². The van der Waals surface area contributed by atoms with Crippen LogP contribution in [0, 0.1) is 0 Å². The molecule has 0 saturated heterocycles. The van der Waals surface area contributed by atoms with Crippen molar-refractivity contribution in [3.05, 3.63) is 35.4 Å². The zero-order valence-electron chi connectivity index (χ0n) is 14.2. The van der Waals surface area contributed by atoms with Crippen molar-refractivity contribution in [3.63, 3.8) is 0 Å². The monoisotopic (exact) mass is 288 g/mol. The van der Waals surface area contributed by atoms with Crippen molar-refractivity contribution < 1.29 is 0 Å². The Kier molecular flexibility index (Phi) is 5.45. The molecule has 1 aliphatic rings. The predicted octanol–water partition coefficient (Wildman–Crippen LogP) is 3.94. The number of aryl methyl sites for hydroxylation is 1. The molecule has 0 aromatic heterocycles. The Morgan fingerprint density at radius 3 is 2.52 bits per heavy atom. The highest BCUT2D eigenvalue weighted by Gasteiger charge is 2.37. The van der Waals surface area contributed by atoms with E-state index in [4.69, 9.17) is 5.73 Å². The molecule has 1 aliphatic carbocycles. The lowest BCUT2D eigenvalue weighted by Crippen LogP contribution is -2.57. The fourth-order valence-corrected chi connectivity index (χ4v) is 4.36. The van der Waals surface area contributed by atoms with Crippen LogP contribution >= 0.6 is 0 Å². The van der Waals surface area contributed by atoms with Crippen LogP contribution < -0.4 is 5.73 Å². The molecule has 2 atom stereocenters. The Morgan fingerprint density at radius 2 is 1.90 bits per heavy atom. The van der Waals surface area contributed by atoms with Crippen LogP contribution in [0.2, 0.25) is 0 Å². The molecular weight excluding hydrogens is 256 g/mol. The highest BCUT2D eigenvalue weighted by atomic mass is 15.2. The minimum atomic E-state index is 0.131. The third-order valence-corrected chi connectivity index (χ3v) is 5.84. The average Bonchev–Trinajstić information content (AvgIpc) is 2.49. The number of hydrogen-bond donors (Lipinski definition) is 1. The van der Waals surface area contributed by atoms with Crippen molar-refractivity contribution in [2.45, 2.75) is 69.9 Å². The molecule has 0 spiro atoms. The molecule has 0 bridgehead atoms. The Morgan fingerprint density at radius 1 is 1.24 bits per heavy atom. The van der Waals surface area contributed by atoms with Crippen LogP contribution in [0.15, 0.2) is 24.3 Å². The largest absolute Gasteiger partial charge is 0.326 e. The zero-order valence-corrected chi connectivity index (χ0v) is 14.2. The Hall–Kier alpha value is -0.860. The van der Waals surface area contributed by atoms with Gasteiger partial charge in [-0.15, -0.1) is 0 Å². The van der Waals surface area contributed by atoms with E-state index in [0.717, 1.165) is 19.3 Å². The second kappa shape index (κ2) is 6.93. The lowest BCUT2D eigenvalue weighted by atomic mass is 9.74. The number of rotatable bonds is 6. The summed E-state index contributed by atoms with van der Waals surface area (Å²) in [5, 5.41) is 0. The Labute approximate surface area is 130 Å². The van der Waals surface area contributed by atoms with Crippen LogP contribution in [0.25, 0.3) is 0 Å². The van der Waals surface area contributed by atoms with Crippen molar-refractivity contribution in [1.82, 2.24) is 4.90 Å². The summed E-state index contributed by atoms with van der Waals surface area (Å²) in [5.41, 5.74) is 9.95. The van der Waals surface area contributed by atoms with Crippen LogP contribution in [-0.2, 0) is 6.42 Å². The van der Waals surface area contributed by atoms with Gasteiger partial charge in [-0.3, -0.25) is 0 Å². The fourth-order valence-electron chi connectivity index (χ4n) is 4.36. The van der Waals surface area contributed by atoms with Crippen LogP contribution in [0.5, 0.6) is 0 Å². The van der Waals surface area contributed by atoms with Crippen LogP contribution in [0.4, 0.5) is 0 Å². The van der Waals surface area contributed by atoms with E-state index in [1.165, 1.54) is 19.3 Å². The van der Waals surface area contributed by atoms with Gasteiger partial charge in [0.1, 0.15) is 0 Å². The summed E-state index contributed by atoms with van der Waals surface area (Å²) in [5.74, 6) is 0.641. The maximum atomic E-state index is 6.72. The molecule has 118 valence electrons. The first-order valence-corrected chi connectivity index (χ1v) is 8.56. The number of nitrogens with two attached hydrogens (primary N) is 1. The molecule has 21 heavy (non-hydrogen) atoms. The summed E-state index contributed by atoms with van der Waals surface area (Å²) in [7, 11) is 4.36. The molecule has 0 aliphatic heterocycles. The van der Waals surface area contributed by atoms with E-state index in [-0.39, 0.29) is 11.6 Å². The van der Waals surface area contributed by atoms with Gasteiger partial charge < -0.3 is 10.6 Å². The highest BCUT2D eigenvalue weighted by molar-refractivity contribution is 5.32. The van der Waals surface area contributed by atoms with Crippen molar-refractivity contribution in [2.75, 3.05) is 14.1 Å². The van der Waals surface area contributed by atoms with Gasteiger partial charge in [-0.1, -0.05) is 38.1 Å². The molecule has 2 rings (SSSR count). The molecule has 2 N–H and O–H groups in total. The third kappa shape index (κ3) is 3.17. The first kappa shape index (κ1) is 16.5. The van der Waals surface area contributed by atoms with Crippen LogP contribution in [0.3, 0.4) is 0 Å². The minimum Gasteiger partial charge on any atom is -0.326 e. The summed E-state index contributed by atoms with van der Waals surface area (Å²) in [4.78, 5) is 2.35. The summed E-state index contributed by atoms with van der Waals surface area (Å²) in [6, 6.07) is 9.20. The van der Waals surface area contributed by atoms with Gasteiger partial charge in [-0.25, -0.2) is 0 Å². The second-order valence-electron chi connectivity index (χ2n) is 6.84. The summed E-state index contributed by atoms with van der Waals surface area (Å²) in [6.45, 7) is 4.55. The predicted molar refractivity (Wildman–Crippen MR) is 91.7 cm³/mol. The van der Waals surface area contributed by atoms with E-state index >= 15 is 0 Å². The molecule has 0 heterocycles. The molecule has 2 nitrogen and oxygen atoms in total. The Balaban J connectivity index is 2.18. The van der Waals surface area contributed by atoms with Gasteiger partial charge in [0.2, 0.25) is 0 Å². The molecular formula is C19H32N2. The normalized spacial score (nSPS) is 20.4. The van der Waals surface area contributed by atoms with Gasteiger partial charge >= 0.3 is 0 Å². The van der Waals surface area contributed by atoms with E-state index in [0.29, 0.717) is 5.92 Å². The Bertz CT molecular complexity index is 449. The minimum absolute atomic E-state index is 0.131. The van der Waals surface area contributed by atoms with Crippen LogP contribution in [-0.4, -0.2) is 30.6 Å². The number of fused-ring (bicyclic) bond motifs is 1. The van der Waals surface area contributed by atoms with Gasteiger partial charge in [0.25, 0.3) is 0 Å². The third-order valence-electron chi connectivity index (χ3n) is 5.84. The van der Waals surface area contributed by atoms with Crippen LogP contribution in [0.1, 0.15) is 63.0 Å². The molecule has 1 aromatic rings. The number of nitrogens with zero attached hydrogens (tertiary/aromatic N) is 1. The lowest BCUT2D eigenvalue weighted by Gasteiger charge is -2.45. The topological polar surface area (TPSA) is 29.3 Å². The molecule has 0 radical (unpaired) electrons. The van der Waals surface area contributed by atoms with Crippen molar-refractivity contribution >= 4 is 0 Å².